The molecular weight excluding hydrogens is 334 g/mol. The van der Waals surface area contributed by atoms with Gasteiger partial charge >= 0.3 is 5.97 Å². The zero-order valence-corrected chi connectivity index (χ0v) is 14.7. The lowest BCUT2D eigenvalue weighted by molar-refractivity contribution is -0.142. The van der Waals surface area contributed by atoms with E-state index >= 15 is 0 Å². The molecule has 2 aromatic rings. The predicted octanol–water partition coefficient (Wildman–Crippen LogP) is 2.88. The van der Waals surface area contributed by atoms with E-state index < -0.39 is 17.9 Å². The number of carboxylic acids is 1. The quantitative estimate of drug-likeness (QED) is 0.862. The molecule has 0 spiro atoms. The molecule has 6 heteroatoms. The Hall–Kier alpha value is -3.02. The number of carbonyl (C=O) groups is 2. The fourth-order valence-electron chi connectivity index (χ4n) is 3.43. The van der Waals surface area contributed by atoms with E-state index in [1.54, 1.807) is 30.2 Å². The maximum atomic E-state index is 12.6. The lowest BCUT2D eigenvalue weighted by Crippen LogP contribution is -2.30. The van der Waals surface area contributed by atoms with Gasteiger partial charge in [-0.1, -0.05) is 36.4 Å². The van der Waals surface area contributed by atoms with Crippen LogP contribution < -0.4 is 9.47 Å². The molecule has 2 aromatic carbocycles. The van der Waals surface area contributed by atoms with E-state index in [2.05, 4.69) is 0 Å². The molecule has 2 atom stereocenters. The molecule has 0 unspecified atom stereocenters. The number of aliphatic carboxylic acids is 1. The lowest BCUT2D eigenvalue weighted by atomic mass is 9.93. The summed E-state index contributed by atoms with van der Waals surface area (Å²) < 4.78 is 10.6. The van der Waals surface area contributed by atoms with E-state index in [0.29, 0.717) is 18.0 Å². The predicted molar refractivity (Wildman–Crippen MR) is 95.0 cm³/mol. The third-order valence-corrected chi connectivity index (χ3v) is 4.69. The van der Waals surface area contributed by atoms with Crippen molar-refractivity contribution < 1.29 is 24.2 Å². The monoisotopic (exact) mass is 355 g/mol. The van der Waals surface area contributed by atoms with E-state index in [4.69, 9.17) is 9.47 Å². The molecule has 136 valence electrons. The van der Waals surface area contributed by atoms with Crippen LogP contribution in [-0.2, 0) is 16.1 Å². The number of carbonyl (C=O) groups excluding carboxylic acids is 1. The van der Waals surface area contributed by atoms with Crippen LogP contribution in [0, 0.1) is 5.92 Å². The summed E-state index contributed by atoms with van der Waals surface area (Å²) in [4.78, 5) is 26.0. The first-order valence-electron chi connectivity index (χ1n) is 8.33. The first-order valence-corrected chi connectivity index (χ1v) is 8.33. The maximum Gasteiger partial charge on any atom is 0.309 e. The Kier molecular flexibility index (Phi) is 5.11. The second-order valence-corrected chi connectivity index (χ2v) is 6.22. The number of benzene rings is 2. The van der Waals surface area contributed by atoms with Crippen LogP contribution in [0.5, 0.6) is 11.5 Å². The van der Waals surface area contributed by atoms with Crippen LogP contribution >= 0.6 is 0 Å². The van der Waals surface area contributed by atoms with Crippen molar-refractivity contribution >= 4 is 11.9 Å². The van der Waals surface area contributed by atoms with Crippen molar-refractivity contribution in [2.45, 2.75) is 19.0 Å². The van der Waals surface area contributed by atoms with Gasteiger partial charge in [0.25, 0.3) is 0 Å². The highest BCUT2D eigenvalue weighted by Gasteiger charge is 2.44. The summed E-state index contributed by atoms with van der Waals surface area (Å²) in [5.41, 5.74) is 1.68. The Balaban J connectivity index is 2.00. The van der Waals surface area contributed by atoms with Gasteiger partial charge in [-0.25, -0.2) is 0 Å². The summed E-state index contributed by atoms with van der Waals surface area (Å²) in [5, 5.41) is 9.64. The third kappa shape index (κ3) is 3.35. The van der Waals surface area contributed by atoms with Crippen molar-refractivity contribution in [3.63, 3.8) is 0 Å². The van der Waals surface area contributed by atoms with E-state index in [1.807, 2.05) is 30.3 Å². The largest absolute Gasteiger partial charge is 0.493 e. The highest BCUT2D eigenvalue weighted by Crippen LogP contribution is 2.41. The number of hydrogen-bond acceptors (Lipinski definition) is 4. The minimum atomic E-state index is -0.978. The average molecular weight is 355 g/mol. The molecule has 0 aliphatic carbocycles. The first kappa shape index (κ1) is 17.8. The first-order chi connectivity index (χ1) is 12.5. The second-order valence-electron chi connectivity index (χ2n) is 6.22. The van der Waals surface area contributed by atoms with Crippen LogP contribution in [0.2, 0.25) is 0 Å². The number of hydrogen-bond donors (Lipinski definition) is 1. The lowest BCUT2D eigenvalue weighted by Gasteiger charge is -2.28. The fraction of sp³-hybridized carbons (Fsp3) is 0.300. The van der Waals surface area contributed by atoms with Crippen LogP contribution in [0.3, 0.4) is 0 Å². The van der Waals surface area contributed by atoms with Crippen molar-refractivity contribution in [3.8, 4) is 11.5 Å². The molecule has 3 rings (SSSR count). The Labute approximate surface area is 152 Å². The Morgan fingerprint density at radius 3 is 2.42 bits per heavy atom. The van der Waals surface area contributed by atoms with Gasteiger partial charge < -0.3 is 19.5 Å². The number of amides is 1. The third-order valence-electron chi connectivity index (χ3n) is 4.69. The molecule has 1 fully saturated rings. The van der Waals surface area contributed by atoms with E-state index in [1.165, 1.54) is 7.11 Å². The van der Waals surface area contributed by atoms with Gasteiger partial charge in [-0.3, -0.25) is 9.59 Å². The van der Waals surface area contributed by atoms with Crippen LogP contribution in [0.1, 0.15) is 23.6 Å². The second kappa shape index (κ2) is 7.47. The molecule has 1 amide bonds. The zero-order valence-electron chi connectivity index (χ0n) is 14.7. The Morgan fingerprint density at radius 2 is 1.81 bits per heavy atom. The van der Waals surface area contributed by atoms with Crippen molar-refractivity contribution in [1.29, 1.82) is 0 Å². The Bertz CT molecular complexity index is 805. The summed E-state index contributed by atoms with van der Waals surface area (Å²) in [6.45, 7) is 0.364. The minimum absolute atomic E-state index is 0.0127. The number of carboxylic acid groups (broad SMARTS) is 1. The topological polar surface area (TPSA) is 76.1 Å². The summed E-state index contributed by atoms with van der Waals surface area (Å²) in [5.74, 6) is -0.880. The van der Waals surface area contributed by atoms with Gasteiger partial charge in [0.2, 0.25) is 5.91 Å². The van der Waals surface area contributed by atoms with Crippen LogP contribution in [0.4, 0.5) is 0 Å². The Morgan fingerprint density at radius 1 is 1.12 bits per heavy atom. The van der Waals surface area contributed by atoms with Gasteiger partial charge in [-0.15, -0.1) is 0 Å². The van der Waals surface area contributed by atoms with E-state index in [-0.39, 0.29) is 12.3 Å². The van der Waals surface area contributed by atoms with Crippen LogP contribution in [0.15, 0.2) is 48.5 Å². The van der Waals surface area contributed by atoms with Crippen LogP contribution in [0.25, 0.3) is 0 Å². The highest BCUT2D eigenvalue weighted by molar-refractivity contribution is 5.87. The summed E-state index contributed by atoms with van der Waals surface area (Å²) in [6.07, 6.45) is -0.0127. The molecule has 0 radical (unpaired) electrons. The molecule has 1 aliphatic heterocycles. The van der Waals surface area contributed by atoms with E-state index in [9.17, 15) is 14.7 Å². The van der Waals surface area contributed by atoms with Gasteiger partial charge in [-0.05, 0) is 23.3 Å². The van der Waals surface area contributed by atoms with Gasteiger partial charge in [-0.2, -0.15) is 0 Å². The molecule has 26 heavy (non-hydrogen) atoms. The van der Waals surface area contributed by atoms with Crippen molar-refractivity contribution in [3.05, 3.63) is 59.7 Å². The normalized spacial score (nSPS) is 19.5. The molecular formula is C20H21NO5. The average Bonchev–Trinajstić information content (AvgIpc) is 2.98. The van der Waals surface area contributed by atoms with E-state index in [0.717, 1.165) is 11.1 Å². The number of rotatable bonds is 6. The SMILES string of the molecule is COc1ccc([C@H]2[C@H](C(=O)O)CC(=O)N2Cc2ccccc2)cc1OC. The molecule has 1 heterocycles. The maximum absolute atomic E-state index is 12.6. The number of ether oxygens (including phenoxy) is 2. The number of likely N-dealkylation sites (tertiary alicyclic amines) is 1. The molecule has 0 saturated carbocycles. The standard InChI is InChI=1S/C20H21NO5/c1-25-16-9-8-14(10-17(16)26-2)19-15(20(23)24)11-18(22)21(19)12-13-6-4-3-5-7-13/h3-10,15,19H,11-12H2,1-2H3,(H,23,24)/t15-,19+/m1/s1. The highest BCUT2D eigenvalue weighted by atomic mass is 16.5. The molecule has 1 saturated heterocycles. The minimum Gasteiger partial charge on any atom is -0.493 e. The zero-order chi connectivity index (χ0) is 18.7. The summed E-state index contributed by atoms with van der Waals surface area (Å²) in [6, 6.07) is 14.3. The fourth-order valence-corrected chi connectivity index (χ4v) is 3.43. The molecule has 1 aliphatic rings. The van der Waals surface area contributed by atoms with Gasteiger partial charge in [0.1, 0.15) is 0 Å². The smallest absolute Gasteiger partial charge is 0.309 e. The van der Waals surface area contributed by atoms with Crippen LogP contribution in [-0.4, -0.2) is 36.1 Å². The molecule has 6 nitrogen and oxygen atoms in total. The molecule has 0 bridgehead atoms. The van der Waals surface area contributed by atoms with Gasteiger partial charge in [0.15, 0.2) is 11.5 Å². The van der Waals surface area contributed by atoms with Gasteiger partial charge in [0, 0.05) is 13.0 Å². The van der Waals surface area contributed by atoms with Crippen molar-refractivity contribution in [2.75, 3.05) is 14.2 Å². The van der Waals surface area contributed by atoms with Crippen molar-refractivity contribution in [1.82, 2.24) is 4.90 Å². The van der Waals surface area contributed by atoms with Gasteiger partial charge in [0.05, 0.1) is 26.2 Å². The summed E-state index contributed by atoms with van der Waals surface area (Å²) >= 11 is 0. The number of methoxy groups -OCH3 is 2. The summed E-state index contributed by atoms with van der Waals surface area (Å²) in [7, 11) is 3.07. The molecule has 0 aromatic heterocycles. The van der Waals surface area contributed by atoms with Crippen molar-refractivity contribution in [2.24, 2.45) is 5.92 Å². The number of nitrogens with zero attached hydrogens (tertiary/aromatic N) is 1. The molecule has 1 N–H and O–H groups in total.